The van der Waals surface area contributed by atoms with Crippen molar-refractivity contribution in [2.75, 3.05) is 13.2 Å². The molecule has 0 atom stereocenters. The first-order valence-electron chi connectivity index (χ1n) is 8.74. The molecule has 1 aliphatic carbocycles. The summed E-state index contributed by atoms with van der Waals surface area (Å²) in [7, 11) is -2.37. The Kier molecular flexibility index (Phi) is 5.00. The average molecular weight is 327 g/mol. The zero-order chi connectivity index (χ0) is 16.3. The second kappa shape index (κ2) is 6.99. The van der Waals surface area contributed by atoms with Gasteiger partial charge in [-0.1, -0.05) is 55.8 Å². The largest absolute Gasteiger partial charge is 0.391 e. The third-order valence-corrected chi connectivity index (χ3v) is 8.55. The smallest absolute Gasteiger partial charge is 0.372 e. The highest BCUT2D eigenvalue weighted by atomic mass is 28.4. The molecule has 0 spiro atoms. The molecule has 3 heteroatoms. The maximum atomic E-state index is 6.34. The fourth-order valence-electron chi connectivity index (χ4n) is 3.79. The lowest BCUT2D eigenvalue weighted by Gasteiger charge is -2.31. The van der Waals surface area contributed by atoms with Crippen LogP contribution in [0.15, 0.2) is 42.5 Å². The predicted octanol–water partition coefficient (Wildman–Crippen LogP) is 4.39. The van der Waals surface area contributed by atoms with Crippen LogP contribution >= 0.6 is 0 Å². The molecule has 122 valence electrons. The van der Waals surface area contributed by atoms with Crippen LogP contribution in [0.25, 0.3) is 11.1 Å². The van der Waals surface area contributed by atoms with Gasteiger partial charge in [-0.3, -0.25) is 0 Å². The van der Waals surface area contributed by atoms with Crippen molar-refractivity contribution in [3.63, 3.8) is 0 Å². The molecule has 3 rings (SSSR count). The molecule has 2 aromatic carbocycles. The molecule has 0 heterocycles. The fourth-order valence-corrected chi connectivity index (χ4v) is 7.36. The van der Waals surface area contributed by atoms with Gasteiger partial charge in [-0.25, -0.2) is 0 Å². The van der Waals surface area contributed by atoms with Crippen LogP contribution in [0.2, 0.25) is 6.04 Å². The Bertz CT molecular complexity index is 664. The van der Waals surface area contributed by atoms with Gasteiger partial charge in [0.1, 0.15) is 0 Å². The van der Waals surface area contributed by atoms with E-state index in [0.717, 1.165) is 18.9 Å². The number of hydrogen-bond acceptors (Lipinski definition) is 2. The molecule has 0 aromatic heterocycles. The standard InChI is InChI=1S/C20H26O2Si/c1-4-14-23(21-5-2,22-6-3)20-13-9-12-18-17-11-8-7-10-16(17)15-19(18)20/h7-13H,4-6,14-15H2,1-3H3. The Morgan fingerprint density at radius 3 is 2.26 bits per heavy atom. The first-order valence-corrected chi connectivity index (χ1v) is 10.8. The van der Waals surface area contributed by atoms with Gasteiger partial charge in [-0.2, -0.15) is 0 Å². The molecular formula is C20H26O2Si. The van der Waals surface area contributed by atoms with Gasteiger partial charge in [0.25, 0.3) is 0 Å². The van der Waals surface area contributed by atoms with Crippen molar-refractivity contribution in [1.82, 2.24) is 0 Å². The predicted molar refractivity (Wildman–Crippen MR) is 98.4 cm³/mol. The van der Waals surface area contributed by atoms with Crippen LogP contribution in [0.4, 0.5) is 0 Å². The lowest BCUT2D eigenvalue weighted by Crippen LogP contribution is -2.55. The molecule has 0 unspecified atom stereocenters. The van der Waals surface area contributed by atoms with E-state index in [-0.39, 0.29) is 0 Å². The fraction of sp³-hybridized carbons (Fsp3) is 0.400. The van der Waals surface area contributed by atoms with Crippen molar-refractivity contribution < 1.29 is 8.85 Å². The van der Waals surface area contributed by atoms with Crippen molar-refractivity contribution in [1.29, 1.82) is 0 Å². The summed E-state index contributed by atoms with van der Waals surface area (Å²) in [6.45, 7) is 7.80. The van der Waals surface area contributed by atoms with Crippen molar-refractivity contribution in [2.45, 2.75) is 39.7 Å². The van der Waals surface area contributed by atoms with E-state index < -0.39 is 8.56 Å². The molecule has 0 amide bonds. The number of rotatable bonds is 7. The molecule has 0 radical (unpaired) electrons. The average Bonchev–Trinajstić information content (AvgIpc) is 2.94. The molecule has 0 aliphatic heterocycles. The SMILES string of the molecule is CCC[Si](OCC)(OCC)c1cccc2c1Cc1ccccc1-2. The van der Waals surface area contributed by atoms with E-state index in [4.69, 9.17) is 8.85 Å². The van der Waals surface area contributed by atoms with E-state index in [1.54, 1.807) is 0 Å². The third kappa shape index (κ3) is 2.89. The highest BCUT2D eigenvalue weighted by molar-refractivity contribution is 6.81. The van der Waals surface area contributed by atoms with Crippen LogP contribution in [-0.4, -0.2) is 21.8 Å². The summed E-state index contributed by atoms with van der Waals surface area (Å²) in [5.41, 5.74) is 5.58. The summed E-state index contributed by atoms with van der Waals surface area (Å²) in [4.78, 5) is 0. The summed E-state index contributed by atoms with van der Waals surface area (Å²) in [6.07, 6.45) is 2.09. The van der Waals surface area contributed by atoms with Crippen LogP contribution in [0.3, 0.4) is 0 Å². The van der Waals surface area contributed by atoms with Crippen LogP contribution in [0.1, 0.15) is 38.3 Å². The topological polar surface area (TPSA) is 18.5 Å². The number of benzene rings is 2. The van der Waals surface area contributed by atoms with Gasteiger partial charge < -0.3 is 8.85 Å². The lowest BCUT2D eigenvalue weighted by atomic mass is 10.1. The molecular weight excluding hydrogens is 300 g/mol. The number of hydrogen-bond donors (Lipinski definition) is 0. The van der Waals surface area contributed by atoms with E-state index >= 15 is 0 Å². The summed E-state index contributed by atoms with van der Waals surface area (Å²) in [5, 5.41) is 1.34. The quantitative estimate of drug-likeness (QED) is 0.600. The van der Waals surface area contributed by atoms with Crippen molar-refractivity contribution in [3.8, 4) is 11.1 Å². The van der Waals surface area contributed by atoms with Gasteiger partial charge in [0.05, 0.1) is 0 Å². The molecule has 0 saturated heterocycles. The van der Waals surface area contributed by atoms with E-state index in [9.17, 15) is 0 Å². The summed E-state index contributed by atoms with van der Waals surface area (Å²) in [5.74, 6) is 0. The number of fused-ring (bicyclic) bond motifs is 3. The highest BCUT2D eigenvalue weighted by Gasteiger charge is 2.42. The van der Waals surface area contributed by atoms with Gasteiger partial charge in [0.2, 0.25) is 0 Å². The van der Waals surface area contributed by atoms with E-state index in [1.165, 1.54) is 27.4 Å². The second-order valence-corrected chi connectivity index (χ2v) is 9.16. The van der Waals surface area contributed by atoms with Crippen LogP contribution in [0, 0.1) is 0 Å². The lowest BCUT2D eigenvalue weighted by molar-refractivity contribution is 0.195. The van der Waals surface area contributed by atoms with Crippen molar-refractivity contribution >= 4 is 13.7 Å². The normalized spacial score (nSPS) is 13.0. The zero-order valence-electron chi connectivity index (χ0n) is 14.4. The highest BCUT2D eigenvalue weighted by Crippen LogP contribution is 2.36. The Morgan fingerprint density at radius 2 is 1.57 bits per heavy atom. The van der Waals surface area contributed by atoms with Gasteiger partial charge in [-0.15, -0.1) is 0 Å². The monoisotopic (exact) mass is 326 g/mol. The minimum atomic E-state index is -2.37. The Hall–Kier alpha value is -1.42. The minimum Gasteiger partial charge on any atom is -0.391 e. The first kappa shape index (κ1) is 16.4. The molecule has 23 heavy (non-hydrogen) atoms. The molecule has 0 bridgehead atoms. The van der Waals surface area contributed by atoms with Crippen LogP contribution in [-0.2, 0) is 15.3 Å². The second-order valence-electron chi connectivity index (χ2n) is 6.03. The van der Waals surface area contributed by atoms with Crippen LogP contribution in [0.5, 0.6) is 0 Å². The molecule has 1 aliphatic rings. The minimum absolute atomic E-state index is 0.711. The van der Waals surface area contributed by atoms with Crippen molar-refractivity contribution in [2.24, 2.45) is 0 Å². The van der Waals surface area contributed by atoms with Crippen LogP contribution < -0.4 is 5.19 Å². The van der Waals surface area contributed by atoms with Crippen molar-refractivity contribution in [3.05, 3.63) is 53.6 Å². The van der Waals surface area contributed by atoms with Gasteiger partial charge in [0.15, 0.2) is 0 Å². The molecule has 0 fully saturated rings. The first-order chi connectivity index (χ1) is 11.3. The van der Waals surface area contributed by atoms with E-state index in [1.807, 2.05) is 0 Å². The Labute approximate surface area is 140 Å². The molecule has 2 aromatic rings. The Morgan fingerprint density at radius 1 is 0.870 bits per heavy atom. The van der Waals surface area contributed by atoms with Gasteiger partial charge >= 0.3 is 8.56 Å². The van der Waals surface area contributed by atoms with E-state index in [0.29, 0.717) is 13.2 Å². The summed E-state index contributed by atoms with van der Waals surface area (Å²) in [6, 6.07) is 16.4. The summed E-state index contributed by atoms with van der Waals surface area (Å²) >= 11 is 0. The zero-order valence-corrected chi connectivity index (χ0v) is 15.4. The maximum Gasteiger partial charge on any atom is 0.372 e. The molecule has 2 nitrogen and oxygen atoms in total. The summed E-state index contributed by atoms with van der Waals surface area (Å²) < 4.78 is 12.7. The molecule has 0 saturated carbocycles. The van der Waals surface area contributed by atoms with Gasteiger partial charge in [-0.05, 0) is 53.8 Å². The maximum absolute atomic E-state index is 6.34. The Balaban J connectivity index is 2.12. The third-order valence-electron chi connectivity index (χ3n) is 4.60. The van der Waals surface area contributed by atoms with E-state index in [2.05, 4.69) is 63.2 Å². The molecule has 0 N–H and O–H groups in total. The van der Waals surface area contributed by atoms with Gasteiger partial charge in [0, 0.05) is 13.2 Å².